The smallest absolute Gasteiger partial charge is 0.223 e. The van der Waals surface area contributed by atoms with Gasteiger partial charge in [0, 0.05) is 43.9 Å². The van der Waals surface area contributed by atoms with E-state index in [9.17, 15) is 4.79 Å². The molecule has 4 atom stereocenters. The lowest BCUT2D eigenvalue weighted by Crippen LogP contribution is -2.43. The number of amides is 1. The van der Waals surface area contributed by atoms with Gasteiger partial charge in [0.1, 0.15) is 0 Å². The molecule has 3 saturated heterocycles. The van der Waals surface area contributed by atoms with Crippen LogP contribution in [0.15, 0.2) is 0 Å². The number of likely N-dealkylation sites (tertiary alicyclic amines) is 1. The molecule has 2 bridgehead atoms. The molecular weight excluding hydrogens is 312 g/mol. The molecule has 5 fully saturated rings. The minimum Gasteiger partial charge on any atom is -0.370 e. The molecule has 25 heavy (non-hydrogen) atoms. The van der Waals surface area contributed by atoms with E-state index in [1.165, 1.54) is 64.5 Å². The second kappa shape index (κ2) is 6.53. The van der Waals surface area contributed by atoms with Gasteiger partial charge < -0.3 is 10.1 Å². The fourth-order valence-corrected chi connectivity index (χ4v) is 6.47. The van der Waals surface area contributed by atoms with Crippen LogP contribution >= 0.6 is 0 Å². The summed E-state index contributed by atoms with van der Waals surface area (Å²) < 4.78 is 6.54. The zero-order valence-corrected chi connectivity index (χ0v) is 15.5. The van der Waals surface area contributed by atoms with E-state index in [4.69, 9.17) is 4.74 Å². The van der Waals surface area contributed by atoms with Crippen molar-refractivity contribution in [1.29, 1.82) is 0 Å². The van der Waals surface area contributed by atoms with E-state index in [1.807, 2.05) is 0 Å². The van der Waals surface area contributed by atoms with Crippen molar-refractivity contribution in [2.45, 2.75) is 75.9 Å². The summed E-state index contributed by atoms with van der Waals surface area (Å²) in [5, 5.41) is 3.33. The molecule has 2 saturated carbocycles. The molecule has 2 aliphatic carbocycles. The molecule has 0 aromatic carbocycles. The van der Waals surface area contributed by atoms with Gasteiger partial charge in [-0.1, -0.05) is 25.7 Å². The van der Waals surface area contributed by atoms with Gasteiger partial charge >= 0.3 is 0 Å². The highest BCUT2D eigenvalue weighted by atomic mass is 16.5. The largest absolute Gasteiger partial charge is 0.370 e. The van der Waals surface area contributed by atoms with Crippen molar-refractivity contribution in [2.75, 3.05) is 26.2 Å². The van der Waals surface area contributed by atoms with Crippen LogP contribution < -0.4 is 5.32 Å². The highest BCUT2D eigenvalue weighted by Gasteiger charge is 2.62. The van der Waals surface area contributed by atoms with E-state index in [1.54, 1.807) is 0 Å². The summed E-state index contributed by atoms with van der Waals surface area (Å²) in [6.45, 7) is 4.49. The first-order valence-corrected chi connectivity index (χ1v) is 10.9. The monoisotopic (exact) mass is 346 g/mol. The highest BCUT2D eigenvalue weighted by molar-refractivity contribution is 5.78. The summed E-state index contributed by atoms with van der Waals surface area (Å²) in [6, 6.07) is 0. The van der Waals surface area contributed by atoms with Gasteiger partial charge in [0.25, 0.3) is 0 Å². The Balaban J connectivity index is 1.18. The number of rotatable bonds is 5. The normalized spacial score (nSPS) is 41.7. The van der Waals surface area contributed by atoms with E-state index >= 15 is 0 Å². The number of carbonyl (C=O) groups excluding carboxylic acids is 1. The van der Waals surface area contributed by atoms with Crippen LogP contribution in [0.3, 0.4) is 0 Å². The Kier molecular flexibility index (Phi) is 4.32. The van der Waals surface area contributed by atoms with Gasteiger partial charge in [-0.05, 0) is 44.4 Å². The summed E-state index contributed by atoms with van der Waals surface area (Å²) >= 11 is 0. The van der Waals surface area contributed by atoms with Crippen molar-refractivity contribution >= 4 is 5.91 Å². The first-order valence-electron chi connectivity index (χ1n) is 10.9. The fraction of sp³-hybridized carbons (Fsp3) is 0.952. The molecule has 3 aliphatic heterocycles. The molecule has 1 spiro atoms. The summed E-state index contributed by atoms with van der Waals surface area (Å²) in [5.41, 5.74) is 0.134. The fourth-order valence-electron chi connectivity index (χ4n) is 6.47. The summed E-state index contributed by atoms with van der Waals surface area (Å²) in [6.07, 6.45) is 13.1. The predicted molar refractivity (Wildman–Crippen MR) is 97.2 cm³/mol. The molecule has 1 amide bonds. The lowest BCUT2D eigenvalue weighted by atomic mass is 9.73. The second-order valence-corrected chi connectivity index (χ2v) is 9.60. The first kappa shape index (κ1) is 16.6. The number of nitrogens with one attached hydrogen (secondary N) is 1. The number of fused-ring (bicyclic) bond motifs is 1. The standard InChI is InChI=1S/C21H34N2O2/c24-20(16-7-2-1-3-8-16)22-11-17-18-13-23(12-15-5-4-6-15)14-21(18)10-9-19(17)25-21/h15-19H,1-14H2,(H,22,24)/t17-,18+,19+,21+/m0/s1. The molecule has 140 valence electrons. The molecule has 0 radical (unpaired) electrons. The van der Waals surface area contributed by atoms with Crippen LogP contribution in [0, 0.1) is 23.7 Å². The third kappa shape index (κ3) is 2.93. The van der Waals surface area contributed by atoms with Crippen molar-refractivity contribution in [3.8, 4) is 0 Å². The number of hydrogen-bond acceptors (Lipinski definition) is 3. The van der Waals surface area contributed by atoms with Crippen molar-refractivity contribution in [3.05, 3.63) is 0 Å². The third-order valence-corrected chi connectivity index (χ3v) is 8.08. The van der Waals surface area contributed by atoms with Gasteiger partial charge in [-0.3, -0.25) is 9.69 Å². The van der Waals surface area contributed by atoms with Crippen molar-refractivity contribution in [3.63, 3.8) is 0 Å². The molecular formula is C21H34N2O2. The van der Waals surface area contributed by atoms with Crippen LogP contribution in [0.5, 0.6) is 0 Å². The topological polar surface area (TPSA) is 41.6 Å². The Morgan fingerprint density at radius 3 is 2.68 bits per heavy atom. The van der Waals surface area contributed by atoms with E-state index in [0.29, 0.717) is 23.8 Å². The summed E-state index contributed by atoms with van der Waals surface area (Å²) in [5.74, 6) is 2.74. The maximum atomic E-state index is 12.5. The Bertz CT molecular complexity index is 514. The lowest BCUT2D eigenvalue weighted by molar-refractivity contribution is -0.126. The maximum absolute atomic E-state index is 12.5. The number of ether oxygens (including phenoxy) is 1. The Morgan fingerprint density at radius 1 is 1.08 bits per heavy atom. The van der Waals surface area contributed by atoms with Gasteiger partial charge in [0.05, 0.1) is 11.7 Å². The average Bonchev–Trinajstić information content (AvgIpc) is 3.25. The number of hydrogen-bond donors (Lipinski definition) is 1. The molecule has 5 aliphatic rings. The van der Waals surface area contributed by atoms with Crippen molar-refractivity contribution in [1.82, 2.24) is 10.2 Å². The van der Waals surface area contributed by atoms with E-state index < -0.39 is 0 Å². The first-order chi connectivity index (χ1) is 12.2. The van der Waals surface area contributed by atoms with Gasteiger partial charge in [0.2, 0.25) is 5.91 Å². The number of carbonyl (C=O) groups is 1. The Hall–Kier alpha value is -0.610. The van der Waals surface area contributed by atoms with Crippen LogP contribution in [-0.2, 0) is 9.53 Å². The van der Waals surface area contributed by atoms with Gasteiger partial charge in [0.15, 0.2) is 0 Å². The zero-order valence-electron chi connectivity index (χ0n) is 15.5. The minimum atomic E-state index is 0.134. The number of nitrogens with zero attached hydrogens (tertiary/aromatic N) is 1. The molecule has 5 rings (SSSR count). The molecule has 0 aromatic heterocycles. The van der Waals surface area contributed by atoms with Crippen molar-refractivity contribution < 1.29 is 9.53 Å². The molecule has 0 unspecified atom stereocenters. The summed E-state index contributed by atoms with van der Waals surface area (Å²) in [4.78, 5) is 15.2. The SMILES string of the molecule is O=C(NC[C@H]1[C@H]2CN(CC3CCC3)C[C@]23CC[C@H]1O3)C1CCCCC1. The third-order valence-electron chi connectivity index (χ3n) is 8.08. The average molecular weight is 347 g/mol. The van der Waals surface area contributed by atoms with Gasteiger partial charge in [-0.2, -0.15) is 0 Å². The highest BCUT2D eigenvalue weighted by Crippen LogP contribution is 2.54. The molecule has 0 aromatic rings. The van der Waals surface area contributed by atoms with Crippen molar-refractivity contribution in [2.24, 2.45) is 23.7 Å². The zero-order chi connectivity index (χ0) is 16.9. The van der Waals surface area contributed by atoms with Gasteiger partial charge in [-0.25, -0.2) is 0 Å². The Labute approximate surface area is 152 Å². The van der Waals surface area contributed by atoms with Crippen LogP contribution in [0.2, 0.25) is 0 Å². The molecule has 3 heterocycles. The Morgan fingerprint density at radius 2 is 1.92 bits per heavy atom. The molecule has 4 nitrogen and oxygen atoms in total. The second-order valence-electron chi connectivity index (χ2n) is 9.60. The van der Waals surface area contributed by atoms with E-state index in [-0.39, 0.29) is 11.5 Å². The molecule has 1 N–H and O–H groups in total. The quantitative estimate of drug-likeness (QED) is 0.832. The maximum Gasteiger partial charge on any atom is 0.223 e. The molecule has 4 heteroatoms. The van der Waals surface area contributed by atoms with E-state index in [2.05, 4.69) is 10.2 Å². The van der Waals surface area contributed by atoms with Crippen LogP contribution in [-0.4, -0.2) is 48.7 Å². The summed E-state index contributed by atoms with van der Waals surface area (Å²) in [7, 11) is 0. The predicted octanol–water partition coefficient (Wildman–Crippen LogP) is 2.96. The van der Waals surface area contributed by atoms with E-state index in [0.717, 1.165) is 31.8 Å². The minimum absolute atomic E-state index is 0.134. The van der Waals surface area contributed by atoms with Crippen LogP contribution in [0.25, 0.3) is 0 Å². The van der Waals surface area contributed by atoms with Crippen LogP contribution in [0.1, 0.15) is 64.2 Å². The van der Waals surface area contributed by atoms with Crippen LogP contribution in [0.4, 0.5) is 0 Å². The van der Waals surface area contributed by atoms with Gasteiger partial charge in [-0.15, -0.1) is 0 Å². The lowest BCUT2D eigenvalue weighted by Gasteiger charge is -2.31.